The summed E-state index contributed by atoms with van der Waals surface area (Å²) < 4.78 is 0. The number of hydrogen-bond donors (Lipinski definition) is 0. The highest BCUT2D eigenvalue weighted by atomic mass is 35.5. The Labute approximate surface area is 44.1 Å². The van der Waals surface area contributed by atoms with E-state index in [-0.39, 0.29) is 0 Å². The zero-order valence-electron chi connectivity index (χ0n) is 3.78. The maximum absolute atomic E-state index is 5.07. The lowest BCUT2D eigenvalue weighted by atomic mass is 10.8. The molecular formula is C5H9Cl. The van der Waals surface area contributed by atoms with E-state index in [1.165, 1.54) is 0 Å². The van der Waals surface area contributed by atoms with Crippen molar-refractivity contribution in [2.45, 2.75) is 0 Å². The lowest BCUT2D eigenvalue weighted by Gasteiger charge is -1.55. The van der Waals surface area contributed by atoms with E-state index in [2.05, 4.69) is 19.7 Å². The summed E-state index contributed by atoms with van der Waals surface area (Å²) in [6, 6.07) is 0. The van der Waals surface area contributed by atoms with Crippen molar-refractivity contribution in [2.75, 3.05) is 5.88 Å². The summed E-state index contributed by atoms with van der Waals surface area (Å²) in [7, 11) is 0. The lowest BCUT2D eigenvalue weighted by Crippen LogP contribution is -1.45. The van der Waals surface area contributed by atoms with Gasteiger partial charge < -0.3 is 0 Å². The van der Waals surface area contributed by atoms with E-state index in [4.69, 9.17) is 11.6 Å². The highest BCUT2D eigenvalue weighted by Crippen LogP contribution is 1.67. The fourth-order valence-electron chi connectivity index (χ4n) is 0. The van der Waals surface area contributed by atoms with E-state index >= 15 is 0 Å². The number of halogens is 1. The van der Waals surface area contributed by atoms with Crippen LogP contribution in [0.25, 0.3) is 0 Å². The van der Waals surface area contributed by atoms with Gasteiger partial charge in [0.25, 0.3) is 0 Å². The molecule has 0 radical (unpaired) electrons. The average molecular weight is 105 g/mol. The molecule has 6 heavy (non-hydrogen) atoms. The third-order valence-corrected chi connectivity index (χ3v) is 0.327. The first-order valence-corrected chi connectivity index (χ1v) is 2.12. The molecule has 0 unspecified atom stereocenters. The molecule has 0 aromatic heterocycles. The van der Waals surface area contributed by atoms with E-state index in [0.29, 0.717) is 5.88 Å². The van der Waals surface area contributed by atoms with Crippen LogP contribution >= 0.6 is 11.6 Å². The molecule has 36 valence electrons. The zero-order valence-corrected chi connectivity index (χ0v) is 4.54. The van der Waals surface area contributed by atoms with Crippen molar-refractivity contribution in [2.24, 2.45) is 0 Å². The van der Waals surface area contributed by atoms with E-state index in [0.717, 1.165) is 0 Å². The van der Waals surface area contributed by atoms with Crippen LogP contribution in [0, 0.1) is 0 Å². The summed E-state index contributed by atoms with van der Waals surface area (Å²) in [5.74, 6) is 0.556. The molecule has 0 aromatic rings. The minimum Gasteiger partial charge on any atom is -0.122 e. The highest BCUT2D eigenvalue weighted by molar-refractivity contribution is 6.18. The largest absolute Gasteiger partial charge is 0.122 e. The smallest absolute Gasteiger partial charge is 0.0401 e. The molecule has 0 saturated heterocycles. The third kappa shape index (κ3) is 48.8. The molecular weight excluding hydrogens is 95.5 g/mol. The molecule has 0 aliphatic carbocycles. The standard InChI is InChI=1S/C3H5Cl.C2H4/c1-2-3-4;1-2/h2H,1,3H2;1-2H2. The van der Waals surface area contributed by atoms with E-state index in [1.807, 2.05) is 0 Å². The first kappa shape index (κ1) is 9.24. The van der Waals surface area contributed by atoms with Gasteiger partial charge in [-0.3, -0.25) is 0 Å². The van der Waals surface area contributed by atoms with Crippen molar-refractivity contribution in [3.8, 4) is 0 Å². The van der Waals surface area contributed by atoms with E-state index in [1.54, 1.807) is 6.08 Å². The van der Waals surface area contributed by atoms with Crippen molar-refractivity contribution < 1.29 is 0 Å². The Balaban J connectivity index is 0. The molecule has 0 heterocycles. The molecule has 0 aromatic carbocycles. The van der Waals surface area contributed by atoms with Crippen molar-refractivity contribution in [3.05, 3.63) is 25.8 Å². The topological polar surface area (TPSA) is 0 Å². The molecule has 1 heteroatoms. The summed E-state index contributed by atoms with van der Waals surface area (Å²) in [6.45, 7) is 9.35. The summed E-state index contributed by atoms with van der Waals surface area (Å²) in [5.41, 5.74) is 0. The maximum atomic E-state index is 5.07. The lowest BCUT2D eigenvalue weighted by molar-refractivity contribution is 1.80. The predicted molar refractivity (Wildman–Crippen MR) is 32.2 cm³/mol. The van der Waals surface area contributed by atoms with Crippen LogP contribution < -0.4 is 0 Å². The fraction of sp³-hybridized carbons (Fsp3) is 0.200. The molecule has 0 amide bonds. The van der Waals surface area contributed by atoms with Crippen LogP contribution in [0.1, 0.15) is 0 Å². The first-order valence-electron chi connectivity index (χ1n) is 1.58. The second-order valence-electron chi connectivity index (χ2n) is 0.443. The van der Waals surface area contributed by atoms with Crippen LogP contribution in [0.4, 0.5) is 0 Å². The Morgan fingerprint density at radius 1 is 1.50 bits per heavy atom. The number of rotatable bonds is 1. The normalized spacial score (nSPS) is 4.83. The van der Waals surface area contributed by atoms with Crippen molar-refractivity contribution in [1.82, 2.24) is 0 Å². The van der Waals surface area contributed by atoms with E-state index < -0.39 is 0 Å². The number of alkyl halides is 1. The fourth-order valence-corrected chi connectivity index (χ4v) is 0. The van der Waals surface area contributed by atoms with Crippen LogP contribution in [0.3, 0.4) is 0 Å². The monoisotopic (exact) mass is 104 g/mol. The van der Waals surface area contributed by atoms with Crippen LogP contribution in [-0.2, 0) is 0 Å². The van der Waals surface area contributed by atoms with Gasteiger partial charge in [0.1, 0.15) is 0 Å². The minimum absolute atomic E-state index is 0.556. The summed E-state index contributed by atoms with van der Waals surface area (Å²) in [5, 5.41) is 0. The van der Waals surface area contributed by atoms with Crippen LogP contribution in [0.15, 0.2) is 25.8 Å². The predicted octanol–water partition coefficient (Wildman–Crippen LogP) is 2.21. The molecule has 0 bridgehead atoms. The van der Waals surface area contributed by atoms with Gasteiger partial charge >= 0.3 is 0 Å². The van der Waals surface area contributed by atoms with Gasteiger partial charge in [0, 0.05) is 5.88 Å². The second kappa shape index (κ2) is 21.6. The molecule has 0 fully saturated rings. The third-order valence-electron chi connectivity index (χ3n) is 0.109. The summed E-state index contributed by atoms with van der Waals surface area (Å²) in [6.07, 6.45) is 1.64. The molecule has 0 atom stereocenters. The minimum atomic E-state index is 0.556. The van der Waals surface area contributed by atoms with Gasteiger partial charge in [-0.2, -0.15) is 0 Å². The Kier molecular flexibility index (Phi) is 33.3. The molecule has 0 aliphatic heterocycles. The van der Waals surface area contributed by atoms with Crippen LogP contribution in [0.2, 0.25) is 0 Å². The van der Waals surface area contributed by atoms with Crippen molar-refractivity contribution >= 4 is 11.6 Å². The van der Waals surface area contributed by atoms with Gasteiger partial charge in [-0.25, -0.2) is 0 Å². The number of allylic oxidation sites excluding steroid dienone is 1. The Bertz CT molecular complexity index is 25.1. The van der Waals surface area contributed by atoms with Gasteiger partial charge in [-0.05, 0) is 0 Å². The highest BCUT2D eigenvalue weighted by Gasteiger charge is 1.48. The summed E-state index contributed by atoms with van der Waals surface area (Å²) >= 11 is 5.07. The molecule has 0 N–H and O–H groups in total. The quantitative estimate of drug-likeness (QED) is 0.354. The zero-order chi connectivity index (χ0) is 5.41. The molecule has 0 aliphatic rings. The molecule has 0 rings (SSSR count). The molecule has 0 spiro atoms. The first-order chi connectivity index (χ1) is 2.91. The van der Waals surface area contributed by atoms with Gasteiger partial charge in [0.15, 0.2) is 0 Å². The second-order valence-corrected chi connectivity index (χ2v) is 0.752. The van der Waals surface area contributed by atoms with Gasteiger partial charge in [0.05, 0.1) is 0 Å². The number of hydrogen-bond acceptors (Lipinski definition) is 0. The van der Waals surface area contributed by atoms with Gasteiger partial charge in [-0.15, -0.1) is 31.3 Å². The molecule has 0 nitrogen and oxygen atoms in total. The average Bonchev–Trinajstić information content (AvgIpc) is 1.72. The van der Waals surface area contributed by atoms with E-state index in [9.17, 15) is 0 Å². The molecule has 0 saturated carbocycles. The van der Waals surface area contributed by atoms with Crippen LogP contribution in [-0.4, -0.2) is 5.88 Å². The Morgan fingerprint density at radius 3 is 1.67 bits per heavy atom. The Morgan fingerprint density at radius 2 is 1.67 bits per heavy atom. The maximum Gasteiger partial charge on any atom is 0.0401 e. The van der Waals surface area contributed by atoms with Crippen molar-refractivity contribution in [1.29, 1.82) is 0 Å². The summed E-state index contributed by atoms with van der Waals surface area (Å²) in [4.78, 5) is 0. The van der Waals surface area contributed by atoms with Crippen molar-refractivity contribution in [3.63, 3.8) is 0 Å². The SMILES string of the molecule is C=C.C=CCCl. The van der Waals surface area contributed by atoms with Crippen LogP contribution in [0.5, 0.6) is 0 Å². The van der Waals surface area contributed by atoms with Gasteiger partial charge in [-0.1, -0.05) is 6.08 Å². The van der Waals surface area contributed by atoms with Gasteiger partial charge in [0.2, 0.25) is 0 Å². The Hall–Kier alpha value is -0.230.